The van der Waals surface area contributed by atoms with Crippen LogP contribution in [0.5, 0.6) is 0 Å². The number of esters is 1. The van der Waals surface area contributed by atoms with Crippen LogP contribution in [0.15, 0.2) is 24.3 Å². The summed E-state index contributed by atoms with van der Waals surface area (Å²) < 4.78 is 11.0. The number of hydrogen-bond acceptors (Lipinski definition) is 3. The topological polar surface area (TPSA) is 38.8 Å². The van der Waals surface area contributed by atoms with Gasteiger partial charge in [-0.15, -0.1) is 0 Å². The zero-order valence-corrected chi connectivity index (χ0v) is 10.1. The molecular weight excluding hydrogens is 240 g/mol. The summed E-state index contributed by atoms with van der Waals surface area (Å²) in [6, 6.07) is 6.70. The van der Waals surface area contributed by atoms with Gasteiger partial charge in [0, 0.05) is 11.4 Å². The molecule has 1 aliphatic carbocycles. The highest BCUT2D eigenvalue weighted by Gasteiger charge is 2.61. The molecule has 1 saturated heterocycles. The van der Waals surface area contributed by atoms with E-state index in [0.717, 1.165) is 25.7 Å². The second-order valence-corrected chi connectivity index (χ2v) is 5.00. The van der Waals surface area contributed by atoms with Gasteiger partial charge in [-0.1, -0.05) is 18.0 Å². The van der Waals surface area contributed by atoms with Gasteiger partial charge in [-0.2, -0.15) is 0 Å². The van der Waals surface area contributed by atoms with Crippen LogP contribution < -0.4 is 0 Å². The molecule has 3 nitrogen and oxygen atoms in total. The van der Waals surface area contributed by atoms with E-state index in [1.807, 2.05) is 0 Å². The summed E-state index contributed by atoms with van der Waals surface area (Å²) in [5.74, 6) is -0.944. The van der Waals surface area contributed by atoms with E-state index >= 15 is 0 Å². The van der Waals surface area contributed by atoms with Crippen LogP contribution in [0, 0.1) is 0 Å². The third-order valence-electron chi connectivity index (χ3n) is 3.36. The van der Waals surface area contributed by atoms with Crippen molar-refractivity contribution in [1.29, 1.82) is 0 Å². The Morgan fingerprint density at radius 2 is 2.12 bits per heavy atom. The number of carbonyl (C=O) groups excluding carboxylic acids is 1. The van der Waals surface area contributed by atoms with Gasteiger partial charge in [0.15, 0.2) is 0 Å². The average molecular weight is 253 g/mol. The molecule has 1 aromatic carbocycles. The minimum absolute atomic E-state index is 0.118. The van der Waals surface area contributed by atoms with Crippen LogP contribution in [-0.2, 0) is 9.47 Å². The van der Waals surface area contributed by atoms with Crippen molar-refractivity contribution in [3.05, 3.63) is 34.9 Å². The van der Waals surface area contributed by atoms with Gasteiger partial charge in [0.1, 0.15) is 6.10 Å². The van der Waals surface area contributed by atoms with E-state index in [0.29, 0.717) is 10.6 Å². The van der Waals surface area contributed by atoms with Gasteiger partial charge in [-0.25, -0.2) is 4.79 Å². The third kappa shape index (κ3) is 2.05. The van der Waals surface area contributed by atoms with Crippen LogP contribution in [0.1, 0.15) is 36.0 Å². The van der Waals surface area contributed by atoms with E-state index in [1.54, 1.807) is 24.3 Å². The summed E-state index contributed by atoms with van der Waals surface area (Å²) in [5, 5.41) is 0.609. The molecule has 1 heterocycles. The lowest BCUT2D eigenvalue weighted by Gasteiger charge is -2.17. The van der Waals surface area contributed by atoms with Crippen molar-refractivity contribution < 1.29 is 14.3 Å². The Hall–Kier alpha value is -1.06. The number of carbonyl (C=O) groups is 1. The van der Waals surface area contributed by atoms with E-state index < -0.39 is 5.79 Å². The molecule has 17 heavy (non-hydrogen) atoms. The quantitative estimate of drug-likeness (QED) is 0.599. The Labute approximate surface area is 105 Å². The highest BCUT2D eigenvalue weighted by Crippen LogP contribution is 2.48. The first-order valence-electron chi connectivity index (χ1n) is 5.86. The van der Waals surface area contributed by atoms with Gasteiger partial charge in [0.25, 0.3) is 0 Å². The van der Waals surface area contributed by atoms with Crippen molar-refractivity contribution in [2.24, 2.45) is 0 Å². The van der Waals surface area contributed by atoms with Crippen LogP contribution in [0.3, 0.4) is 0 Å². The summed E-state index contributed by atoms with van der Waals surface area (Å²) in [6.07, 6.45) is 4.15. The number of rotatable bonds is 2. The highest BCUT2D eigenvalue weighted by molar-refractivity contribution is 6.30. The smallest absolute Gasteiger partial charge is 0.340 e. The zero-order valence-electron chi connectivity index (χ0n) is 9.32. The number of halogens is 1. The third-order valence-corrected chi connectivity index (χ3v) is 3.61. The lowest BCUT2D eigenvalue weighted by Crippen LogP contribution is -2.26. The number of hydrogen-bond donors (Lipinski definition) is 0. The normalized spacial score (nSPS) is 30.5. The molecule has 1 saturated carbocycles. The molecule has 0 spiro atoms. The van der Waals surface area contributed by atoms with Crippen molar-refractivity contribution >= 4 is 17.6 Å². The molecule has 90 valence electrons. The van der Waals surface area contributed by atoms with Gasteiger partial charge in [-0.3, -0.25) is 0 Å². The molecule has 3 rings (SSSR count). The van der Waals surface area contributed by atoms with Gasteiger partial charge in [0.2, 0.25) is 5.79 Å². The lowest BCUT2D eigenvalue weighted by atomic mass is 9.98. The van der Waals surface area contributed by atoms with Gasteiger partial charge in [0.05, 0.1) is 5.56 Å². The van der Waals surface area contributed by atoms with E-state index in [9.17, 15) is 4.79 Å². The van der Waals surface area contributed by atoms with E-state index in [1.165, 1.54) is 0 Å². The van der Waals surface area contributed by atoms with Crippen molar-refractivity contribution in [3.8, 4) is 0 Å². The number of ether oxygens (including phenoxy) is 2. The zero-order chi connectivity index (χ0) is 11.9. The lowest BCUT2D eigenvalue weighted by molar-refractivity contribution is -0.0245. The van der Waals surface area contributed by atoms with Crippen LogP contribution in [0.25, 0.3) is 0 Å². The molecule has 1 aromatic rings. The number of epoxide rings is 1. The summed E-state index contributed by atoms with van der Waals surface area (Å²) in [6.45, 7) is 0. The summed E-state index contributed by atoms with van der Waals surface area (Å²) in [4.78, 5) is 11.9. The fourth-order valence-electron chi connectivity index (χ4n) is 2.35. The minimum atomic E-state index is -0.616. The molecule has 0 radical (unpaired) electrons. The maximum Gasteiger partial charge on any atom is 0.340 e. The van der Waals surface area contributed by atoms with Crippen molar-refractivity contribution in [2.75, 3.05) is 0 Å². The monoisotopic (exact) mass is 252 g/mol. The maximum atomic E-state index is 11.9. The summed E-state index contributed by atoms with van der Waals surface area (Å²) >= 11 is 5.77. The van der Waals surface area contributed by atoms with Crippen LogP contribution in [0.2, 0.25) is 5.02 Å². The average Bonchev–Trinajstić information content (AvgIpc) is 3.03. The minimum Gasteiger partial charge on any atom is -0.427 e. The Kier molecular flexibility index (Phi) is 2.60. The van der Waals surface area contributed by atoms with Gasteiger partial charge >= 0.3 is 5.97 Å². The fourth-order valence-corrected chi connectivity index (χ4v) is 2.48. The second kappa shape index (κ2) is 4.00. The first-order valence-corrected chi connectivity index (χ1v) is 6.24. The highest BCUT2D eigenvalue weighted by atomic mass is 35.5. The Morgan fingerprint density at radius 1 is 1.35 bits per heavy atom. The predicted octanol–water partition coefficient (Wildman–Crippen LogP) is 3.17. The van der Waals surface area contributed by atoms with Crippen LogP contribution >= 0.6 is 11.6 Å². The summed E-state index contributed by atoms with van der Waals surface area (Å²) in [7, 11) is 0. The molecule has 0 amide bonds. The molecule has 0 N–H and O–H groups in total. The molecule has 0 aromatic heterocycles. The fraction of sp³-hybridized carbons (Fsp3) is 0.462. The number of benzene rings is 1. The van der Waals surface area contributed by atoms with E-state index in [-0.39, 0.29) is 12.1 Å². The van der Waals surface area contributed by atoms with Gasteiger partial charge in [-0.05, 0) is 37.1 Å². The molecule has 4 heteroatoms. The Balaban J connectivity index is 1.70. The molecular formula is C13H13ClO3. The molecule has 0 bridgehead atoms. The maximum absolute atomic E-state index is 11.9. The van der Waals surface area contributed by atoms with Crippen LogP contribution in [-0.4, -0.2) is 17.9 Å². The van der Waals surface area contributed by atoms with E-state index in [4.69, 9.17) is 21.1 Å². The Bertz CT molecular complexity index is 442. The van der Waals surface area contributed by atoms with E-state index in [2.05, 4.69) is 0 Å². The standard InChI is InChI=1S/C13H13ClO3/c14-10-6-4-9(5-7-10)12(15)17-13-8-2-1-3-11(13)16-13/h4-7,11H,1-3,8H2/t11-,13-/m0/s1. The molecule has 1 aliphatic heterocycles. The first kappa shape index (κ1) is 11.1. The predicted molar refractivity (Wildman–Crippen MR) is 62.9 cm³/mol. The molecule has 0 unspecified atom stereocenters. The largest absolute Gasteiger partial charge is 0.427 e. The number of fused-ring (bicyclic) bond motifs is 1. The second-order valence-electron chi connectivity index (χ2n) is 4.56. The van der Waals surface area contributed by atoms with Crippen molar-refractivity contribution in [2.45, 2.75) is 37.6 Å². The molecule has 2 fully saturated rings. The van der Waals surface area contributed by atoms with Gasteiger partial charge < -0.3 is 9.47 Å². The van der Waals surface area contributed by atoms with Crippen molar-refractivity contribution in [3.63, 3.8) is 0 Å². The Morgan fingerprint density at radius 3 is 2.82 bits per heavy atom. The SMILES string of the molecule is O=C(O[C@@]12CCCC[C@@H]1O2)c1ccc(Cl)cc1. The van der Waals surface area contributed by atoms with Crippen molar-refractivity contribution in [1.82, 2.24) is 0 Å². The molecule has 2 atom stereocenters. The molecule has 2 aliphatic rings. The first-order chi connectivity index (χ1) is 8.20. The summed E-state index contributed by atoms with van der Waals surface area (Å²) in [5.41, 5.74) is 0.517. The van der Waals surface area contributed by atoms with Crippen LogP contribution in [0.4, 0.5) is 0 Å².